The molecule has 0 aromatic rings. The molecule has 1 aliphatic rings. The Hall–Kier alpha value is -1.05. The van der Waals surface area contributed by atoms with E-state index in [1.54, 1.807) is 0 Å². The molecule has 4 nitrogen and oxygen atoms in total. The van der Waals surface area contributed by atoms with Crippen molar-refractivity contribution >= 4 is 5.91 Å². The first-order valence-corrected chi connectivity index (χ1v) is 6.29. The molecule has 1 rings (SSSR count). The fraction of sp³-hybridized carbons (Fsp3) is 0.769. The molecule has 1 fully saturated rings. The Morgan fingerprint density at radius 1 is 1.53 bits per heavy atom. The molecule has 0 aliphatic heterocycles. The van der Waals surface area contributed by atoms with Gasteiger partial charge in [-0.25, -0.2) is 0 Å². The largest absolute Gasteiger partial charge is 0.344 e. The van der Waals surface area contributed by atoms with Gasteiger partial charge in [0.05, 0.1) is 13.1 Å². The quantitative estimate of drug-likeness (QED) is 0.671. The van der Waals surface area contributed by atoms with Crippen LogP contribution in [0.25, 0.3) is 0 Å². The minimum atomic E-state index is -0.00760. The van der Waals surface area contributed by atoms with Gasteiger partial charge in [0.25, 0.3) is 0 Å². The summed E-state index contributed by atoms with van der Waals surface area (Å²) in [5.41, 5.74) is 5.79. The van der Waals surface area contributed by atoms with Crippen LogP contribution in [0.3, 0.4) is 0 Å². The lowest BCUT2D eigenvalue weighted by molar-refractivity contribution is -0.122. The van der Waals surface area contributed by atoms with Gasteiger partial charge < -0.3 is 11.1 Å². The van der Waals surface area contributed by atoms with Crippen LogP contribution in [0.5, 0.6) is 0 Å². The molecule has 0 aromatic carbocycles. The van der Waals surface area contributed by atoms with Gasteiger partial charge in [-0.3, -0.25) is 9.69 Å². The maximum absolute atomic E-state index is 11.6. The number of rotatable bonds is 5. The first-order valence-electron chi connectivity index (χ1n) is 6.29. The third-order valence-electron chi connectivity index (χ3n) is 3.52. The molecule has 1 aliphatic carbocycles. The zero-order chi connectivity index (χ0) is 12.7. The van der Waals surface area contributed by atoms with Crippen LogP contribution in [0.15, 0.2) is 0 Å². The summed E-state index contributed by atoms with van der Waals surface area (Å²) in [5.74, 6) is 2.92. The Labute approximate surface area is 104 Å². The molecule has 0 heterocycles. The van der Waals surface area contributed by atoms with E-state index in [-0.39, 0.29) is 5.91 Å². The number of carbonyl (C=O) groups is 1. The van der Waals surface area contributed by atoms with Crippen LogP contribution in [0.1, 0.15) is 25.7 Å². The highest BCUT2D eigenvalue weighted by Crippen LogP contribution is 2.26. The van der Waals surface area contributed by atoms with Crippen LogP contribution in [0.4, 0.5) is 0 Å². The van der Waals surface area contributed by atoms with Gasteiger partial charge >= 0.3 is 0 Å². The van der Waals surface area contributed by atoms with Crippen molar-refractivity contribution in [1.29, 1.82) is 0 Å². The van der Waals surface area contributed by atoms with Crippen molar-refractivity contribution in [3.63, 3.8) is 0 Å². The standard InChI is InChI=1S/C13H23N3O/c1-3-8-15-13(17)10-16(2)12-7-5-4-6-11(12)9-14/h1,11-12H,4-10,14H2,2H3,(H,15,17). The molecule has 0 bridgehead atoms. The average Bonchev–Trinajstić information content (AvgIpc) is 2.36. The highest BCUT2D eigenvalue weighted by Gasteiger charge is 2.27. The summed E-state index contributed by atoms with van der Waals surface area (Å²) in [5, 5.41) is 2.69. The number of hydrogen-bond acceptors (Lipinski definition) is 3. The van der Waals surface area contributed by atoms with Crippen molar-refractivity contribution in [2.75, 3.05) is 26.7 Å². The summed E-state index contributed by atoms with van der Waals surface area (Å²) in [6.45, 7) is 1.42. The lowest BCUT2D eigenvalue weighted by atomic mass is 9.84. The summed E-state index contributed by atoms with van der Waals surface area (Å²) in [6, 6.07) is 0.435. The molecule has 1 saturated carbocycles. The van der Waals surface area contributed by atoms with Gasteiger partial charge in [0.1, 0.15) is 0 Å². The second-order valence-electron chi connectivity index (χ2n) is 4.74. The minimum absolute atomic E-state index is 0.00760. The number of carbonyl (C=O) groups excluding carboxylic acids is 1. The van der Waals surface area contributed by atoms with Crippen molar-refractivity contribution in [3.8, 4) is 12.3 Å². The highest BCUT2D eigenvalue weighted by molar-refractivity contribution is 5.78. The SMILES string of the molecule is C#CCNC(=O)CN(C)C1CCCCC1CN. The Morgan fingerprint density at radius 3 is 2.88 bits per heavy atom. The van der Waals surface area contributed by atoms with Gasteiger partial charge in [-0.1, -0.05) is 18.8 Å². The molecule has 96 valence electrons. The number of amides is 1. The van der Waals surface area contributed by atoms with E-state index in [0.717, 1.165) is 6.42 Å². The minimum Gasteiger partial charge on any atom is -0.344 e. The summed E-state index contributed by atoms with van der Waals surface area (Å²) in [4.78, 5) is 13.7. The third kappa shape index (κ3) is 4.37. The fourth-order valence-corrected chi connectivity index (χ4v) is 2.59. The average molecular weight is 237 g/mol. The Bertz CT molecular complexity index is 285. The van der Waals surface area contributed by atoms with Gasteiger partial charge in [-0.2, -0.15) is 0 Å². The monoisotopic (exact) mass is 237 g/mol. The maximum atomic E-state index is 11.6. The van der Waals surface area contributed by atoms with Crippen molar-refractivity contribution in [1.82, 2.24) is 10.2 Å². The fourth-order valence-electron chi connectivity index (χ4n) is 2.59. The van der Waals surface area contributed by atoms with Gasteiger partial charge in [0.2, 0.25) is 5.91 Å². The predicted octanol–water partition coefficient (Wildman–Crippen LogP) is 0.185. The Kier molecular flexibility index (Phi) is 6.03. The van der Waals surface area contributed by atoms with Crippen LogP contribution >= 0.6 is 0 Å². The van der Waals surface area contributed by atoms with Crippen LogP contribution in [-0.4, -0.2) is 43.5 Å². The summed E-state index contributed by atoms with van der Waals surface area (Å²) < 4.78 is 0. The van der Waals surface area contributed by atoms with E-state index >= 15 is 0 Å². The normalized spacial score (nSPS) is 24.4. The van der Waals surface area contributed by atoms with Crippen molar-refractivity contribution in [2.45, 2.75) is 31.7 Å². The number of likely N-dealkylation sites (N-methyl/N-ethyl adjacent to an activating group) is 1. The zero-order valence-corrected chi connectivity index (χ0v) is 10.6. The molecule has 0 radical (unpaired) electrons. The maximum Gasteiger partial charge on any atom is 0.234 e. The summed E-state index contributed by atoms with van der Waals surface area (Å²) in [6.07, 6.45) is 9.91. The molecule has 0 saturated heterocycles. The van der Waals surface area contributed by atoms with Crippen molar-refractivity contribution in [3.05, 3.63) is 0 Å². The predicted molar refractivity (Wildman–Crippen MR) is 69.3 cm³/mol. The molecule has 0 aromatic heterocycles. The van der Waals surface area contributed by atoms with Gasteiger partial charge in [-0.05, 0) is 32.4 Å². The number of nitrogens with one attached hydrogen (secondary N) is 1. The van der Waals surface area contributed by atoms with E-state index in [9.17, 15) is 4.79 Å². The van der Waals surface area contributed by atoms with Gasteiger partial charge in [0, 0.05) is 6.04 Å². The third-order valence-corrected chi connectivity index (χ3v) is 3.52. The first-order chi connectivity index (χ1) is 8.19. The van der Waals surface area contributed by atoms with Crippen LogP contribution in [0, 0.1) is 18.3 Å². The summed E-state index contributed by atoms with van der Waals surface area (Å²) >= 11 is 0. The molecule has 0 spiro atoms. The molecular formula is C13H23N3O. The van der Waals surface area contributed by atoms with E-state index < -0.39 is 0 Å². The second kappa shape index (κ2) is 7.31. The van der Waals surface area contributed by atoms with E-state index in [1.807, 2.05) is 7.05 Å². The van der Waals surface area contributed by atoms with Gasteiger partial charge in [-0.15, -0.1) is 6.42 Å². The Morgan fingerprint density at radius 2 is 2.24 bits per heavy atom. The smallest absolute Gasteiger partial charge is 0.234 e. The van der Waals surface area contributed by atoms with E-state index in [0.29, 0.717) is 31.6 Å². The Balaban J connectivity index is 2.42. The number of hydrogen-bond donors (Lipinski definition) is 2. The number of nitrogens with two attached hydrogens (primary N) is 1. The summed E-state index contributed by atoms with van der Waals surface area (Å²) in [7, 11) is 1.99. The molecular weight excluding hydrogens is 214 g/mol. The number of nitrogens with zero attached hydrogens (tertiary/aromatic N) is 1. The van der Waals surface area contributed by atoms with Gasteiger partial charge in [0.15, 0.2) is 0 Å². The number of terminal acetylenes is 1. The molecule has 4 heteroatoms. The van der Waals surface area contributed by atoms with Crippen LogP contribution < -0.4 is 11.1 Å². The zero-order valence-electron chi connectivity index (χ0n) is 10.6. The molecule has 17 heavy (non-hydrogen) atoms. The van der Waals surface area contributed by atoms with Crippen LogP contribution in [0.2, 0.25) is 0 Å². The second-order valence-corrected chi connectivity index (χ2v) is 4.74. The lowest BCUT2D eigenvalue weighted by Crippen LogP contribution is -2.47. The van der Waals surface area contributed by atoms with Crippen molar-refractivity contribution in [2.24, 2.45) is 11.7 Å². The van der Waals surface area contributed by atoms with E-state index in [4.69, 9.17) is 12.2 Å². The molecule has 2 atom stereocenters. The lowest BCUT2D eigenvalue weighted by Gasteiger charge is -2.37. The highest BCUT2D eigenvalue weighted by atomic mass is 16.2. The molecule has 2 unspecified atom stereocenters. The topological polar surface area (TPSA) is 58.4 Å². The van der Waals surface area contributed by atoms with E-state index in [1.165, 1.54) is 19.3 Å². The van der Waals surface area contributed by atoms with Crippen LogP contribution in [-0.2, 0) is 4.79 Å². The molecule has 3 N–H and O–H groups in total. The van der Waals surface area contributed by atoms with E-state index in [2.05, 4.69) is 16.1 Å². The van der Waals surface area contributed by atoms with Crippen molar-refractivity contribution < 1.29 is 4.79 Å². The molecule has 1 amide bonds. The first kappa shape index (κ1) is 14.0.